The quantitative estimate of drug-likeness (QED) is 0.885. The SMILES string of the molecule is CCc1ccccc1CNC1CCS(=O)(=O)C1. The maximum atomic E-state index is 11.3. The summed E-state index contributed by atoms with van der Waals surface area (Å²) in [6.45, 7) is 2.91. The zero-order valence-corrected chi connectivity index (χ0v) is 11.0. The van der Waals surface area contributed by atoms with Gasteiger partial charge in [0.15, 0.2) is 9.84 Å². The van der Waals surface area contributed by atoms with Gasteiger partial charge in [-0.15, -0.1) is 0 Å². The Morgan fingerprint density at radius 1 is 1.29 bits per heavy atom. The van der Waals surface area contributed by atoms with Gasteiger partial charge < -0.3 is 5.32 Å². The molecule has 17 heavy (non-hydrogen) atoms. The van der Waals surface area contributed by atoms with E-state index in [-0.39, 0.29) is 6.04 Å². The van der Waals surface area contributed by atoms with Gasteiger partial charge >= 0.3 is 0 Å². The standard InChI is InChI=1S/C13H19NO2S/c1-2-11-5-3-4-6-12(11)9-14-13-7-8-17(15,16)10-13/h3-6,13-14H,2,7-10H2,1H3. The lowest BCUT2D eigenvalue weighted by Gasteiger charge is -2.13. The fraction of sp³-hybridized carbons (Fsp3) is 0.538. The van der Waals surface area contributed by atoms with Crippen LogP contribution in [-0.4, -0.2) is 26.0 Å². The average Bonchev–Trinajstić information content (AvgIpc) is 2.67. The van der Waals surface area contributed by atoms with Crippen molar-refractivity contribution in [2.45, 2.75) is 32.4 Å². The Balaban J connectivity index is 1.94. The molecule has 0 spiro atoms. The van der Waals surface area contributed by atoms with Gasteiger partial charge in [-0.2, -0.15) is 0 Å². The molecule has 1 heterocycles. The summed E-state index contributed by atoms with van der Waals surface area (Å²) in [5, 5.41) is 3.35. The topological polar surface area (TPSA) is 46.2 Å². The summed E-state index contributed by atoms with van der Waals surface area (Å²) in [7, 11) is -2.78. The van der Waals surface area contributed by atoms with Crippen molar-refractivity contribution >= 4 is 9.84 Å². The molecule has 3 nitrogen and oxygen atoms in total. The summed E-state index contributed by atoms with van der Waals surface area (Å²) in [5.41, 5.74) is 2.61. The van der Waals surface area contributed by atoms with Gasteiger partial charge in [0, 0.05) is 12.6 Å². The summed E-state index contributed by atoms with van der Waals surface area (Å²) in [5.74, 6) is 0.626. The van der Waals surface area contributed by atoms with E-state index in [1.165, 1.54) is 11.1 Å². The number of rotatable bonds is 4. The van der Waals surface area contributed by atoms with Crippen LogP contribution in [0.3, 0.4) is 0 Å². The summed E-state index contributed by atoms with van der Waals surface area (Å²) in [4.78, 5) is 0. The Morgan fingerprint density at radius 3 is 2.59 bits per heavy atom. The highest BCUT2D eigenvalue weighted by atomic mass is 32.2. The molecule has 0 bridgehead atoms. The molecule has 2 rings (SSSR count). The van der Waals surface area contributed by atoms with Gasteiger partial charge in [0.1, 0.15) is 0 Å². The summed E-state index contributed by atoms with van der Waals surface area (Å²) >= 11 is 0. The molecule has 0 amide bonds. The molecule has 0 aliphatic carbocycles. The van der Waals surface area contributed by atoms with Gasteiger partial charge in [-0.1, -0.05) is 31.2 Å². The van der Waals surface area contributed by atoms with E-state index in [1.54, 1.807) is 0 Å². The van der Waals surface area contributed by atoms with E-state index in [0.717, 1.165) is 19.4 Å². The molecule has 1 atom stereocenters. The summed E-state index contributed by atoms with van der Waals surface area (Å²) in [6.07, 6.45) is 1.76. The Bertz CT molecular complexity index is 482. The normalized spacial score (nSPS) is 22.8. The van der Waals surface area contributed by atoms with Gasteiger partial charge in [-0.05, 0) is 24.0 Å². The maximum absolute atomic E-state index is 11.3. The number of nitrogens with one attached hydrogen (secondary N) is 1. The third-order valence-electron chi connectivity index (χ3n) is 3.31. The first-order chi connectivity index (χ1) is 8.11. The Morgan fingerprint density at radius 2 is 2.00 bits per heavy atom. The number of hydrogen-bond acceptors (Lipinski definition) is 3. The molecule has 0 saturated carbocycles. The Labute approximate surface area is 103 Å². The van der Waals surface area contributed by atoms with Gasteiger partial charge in [0.05, 0.1) is 11.5 Å². The van der Waals surface area contributed by atoms with Crippen LogP contribution in [0.4, 0.5) is 0 Å². The van der Waals surface area contributed by atoms with Crippen molar-refractivity contribution in [1.29, 1.82) is 0 Å². The summed E-state index contributed by atoms with van der Waals surface area (Å²) < 4.78 is 22.7. The van der Waals surface area contributed by atoms with Crippen LogP contribution in [-0.2, 0) is 22.8 Å². The fourth-order valence-corrected chi connectivity index (χ4v) is 3.99. The van der Waals surface area contributed by atoms with Crippen molar-refractivity contribution in [2.75, 3.05) is 11.5 Å². The van der Waals surface area contributed by atoms with Crippen molar-refractivity contribution < 1.29 is 8.42 Å². The highest BCUT2D eigenvalue weighted by Gasteiger charge is 2.27. The van der Waals surface area contributed by atoms with Crippen molar-refractivity contribution in [3.8, 4) is 0 Å². The second-order valence-electron chi connectivity index (χ2n) is 4.60. The average molecular weight is 253 g/mol. The van der Waals surface area contributed by atoms with Crippen LogP contribution in [0.25, 0.3) is 0 Å². The molecule has 1 aliphatic rings. The molecular weight excluding hydrogens is 234 g/mol. The third kappa shape index (κ3) is 3.30. The van der Waals surface area contributed by atoms with Crippen molar-refractivity contribution in [2.24, 2.45) is 0 Å². The van der Waals surface area contributed by atoms with Crippen LogP contribution in [0, 0.1) is 0 Å². The van der Waals surface area contributed by atoms with E-state index in [1.807, 2.05) is 12.1 Å². The third-order valence-corrected chi connectivity index (χ3v) is 5.08. The predicted octanol–water partition coefficient (Wildman–Crippen LogP) is 1.53. The van der Waals surface area contributed by atoms with Crippen LogP contribution in [0.5, 0.6) is 0 Å². The van der Waals surface area contributed by atoms with E-state index >= 15 is 0 Å². The number of aryl methyl sites for hydroxylation is 1. The zero-order chi connectivity index (χ0) is 12.3. The minimum atomic E-state index is -2.78. The van der Waals surface area contributed by atoms with Crippen molar-refractivity contribution in [1.82, 2.24) is 5.32 Å². The van der Waals surface area contributed by atoms with E-state index in [4.69, 9.17) is 0 Å². The molecular formula is C13H19NO2S. The van der Waals surface area contributed by atoms with Crippen molar-refractivity contribution in [3.63, 3.8) is 0 Å². The molecule has 1 aromatic carbocycles. The van der Waals surface area contributed by atoms with E-state index in [9.17, 15) is 8.42 Å². The van der Waals surface area contributed by atoms with Crippen LogP contribution < -0.4 is 5.32 Å². The van der Waals surface area contributed by atoms with E-state index in [0.29, 0.717) is 11.5 Å². The number of hydrogen-bond donors (Lipinski definition) is 1. The highest BCUT2D eigenvalue weighted by molar-refractivity contribution is 7.91. The minimum Gasteiger partial charge on any atom is -0.309 e. The molecule has 94 valence electrons. The lowest BCUT2D eigenvalue weighted by atomic mass is 10.1. The van der Waals surface area contributed by atoms with Crippen molar-refractivity contribution in [3.05, 3.63) is 35.4 Å². The first-order valence-corrected chi connectivity index (χ1v) is 7.93. The lowest BCUT2D eigenvalue weighted by molar-refractivity contribution is 0.552. The maximum Gasteiger partial charge on any atom is 0.151 e. The second-order valence-corrected chi connectivity index (χ2v) is 6.83. The fourth-order valence-electron chi connectivity index (χ4n) is 2.29. The zero-order valence-electron chi connectivity index (χ0n) is 10.1. The molecule has 0 aromatic heterocycles. The largest absolute Gasteiger partial charge is 0.309 e. The predicted molar refractivity (Wildman–Crippen MR) is 69.7 cm³/mol. The van der Waals surface area contributed by atoms with Gasteiger partial charge in [0.2, 0.25) is 0 Å². The van der Waals surface area contributed by atoms with E-state index in [2.05, 4.69) is 24.4 Å². The monoisotopic (exact) mass is 253 g/mol. The Hall–Kier alpha value is -0.870. The van der Waals surface area contributed by atoms with Gasteiger partial charge in [0.25, 0.3) is 0 Å². The van der Waals surface area contributed by atoms with Gasteiger partial charge in [-0.3, -0.25) is 0 Å². The van der Waals surface area contributed by atoms with Crippen LogP contribution in [0.1, 0.15) is 24.5 Å². The summed E-state index contributed by atoms with van der Waals surface area (Å²) in [6, 6.07) is 8.44. The molecule has 1 aromatic rings. The van der Waals surface area contributed by atoms with Crippen LogP contribution in [0.2, 0.25) is 0 Å². The lowest BCUT2D eigenvalue weighted by Crippen LogP contribution is -2.29. The minimum absolute atomic E-state index is 0.130. The highest BCUT2D eigenvalue weighted by Crippen LogP contribution is 2.14. The molecule has 1 saturated heterocycles. The number of sulfone groups is 1. The van der Waals surface area contributed by atoms with Crippen LogP contribution >= 0.6 is 0 Å². The molecule has 1 N–H and O–H groups in total. The number of benzene rings is 1. The van der Waals surface area contributed by atoms with Gasteiger partial charge in [-0.25, -0.2) is 8.42 Å². The molecule has 1 unspecified atom stereocenters. The first-order valence-electron chi connectivity index (χ1n) is 6.11. The Kier molecular flexibility index (Phi) is 3.84. The molecule has 4 heteroatoms. The molecule has 1 fully saturated rings. The molecule has 0 radical (unpaired) electrons. The smallest absolute Gasteiger partial charge is 0.151 e. The second kappa shape index (κ2) is 5.19. The van der Waals surface area contributed by atoms with Crippen LogP contribution in [0.15, 0.2) is 24.3 Å². The first kappa shape index (κ1) is 12.6. The molecule has 1 aliphatic heterocycles. The van der Waals surface area contributed by atoms with E-state index < -0.39 is 9.84 Å².